The number of likely N-dealkylation sites (N-methyl/N-ethyl adjacent to an activating group) is 1. The predicted molar refractivity (Wildman–Crippen MR) is 139 cm³/mol. The first-order valence-corrected chi connectivity index (χ1v) is 13.2. The Bertz CT molecular complexity index is 1240. The minimum Gasteiger partial charge on any atom is -0.357 e. The summed E-state index contributed by atoms with van der Waals surface area (Å²) in [6, 6.07) is 24.0. The predicted octanol–water partition coefficient (Wildman–Crippen LogP) is 3.49. The lowest BCUT2D eigenvalue weighted by Crippen LogP contribution is -2.52. The largest absolute Gasteiger partial charge is 0.357 e. The molecule has 3 aromatic carbocycles. The molecule has 3 rings (SSSR count). The van der Waals surface area contributed by atoms with Crippen LogP contribution in [-0.4, -0.2) is 51.0 Å². The van der Waals surface area contributed by atoms with Gasteiger partial charge < -0.3 is 10.2 Å². The summed E-state index contributed by atoms with van der Waals surface area (Å²) in [6.45, 7) is -0.321. The molecule has 0 aliphatic rings. The summed E-state index contributed by atoms with van der Waals surface area (Å²) < 4.78 is 26.3. The molecule has 0 saturated heterocycles. The topological polar surface area (TPSA) is 86.8 Å². The minimum atomic E-state index is -3.80. The molecule has 0 heterocycles. The van der Waals surface area contributed by atoms with Gasteiger partial charge in [-0.15, -0.1) is 0 Å². The van der Waals surface area contributed by atoms with Gasteiger partial charge >= 0.3 is 0 Å². The number of carbonyl (C=O) groups excluding carboxylic acids is 2. The molecule has 0 aliphatic heterocycles. The number of rotatable bonds is 10. The van der Waals surface area contributed by atoms with Crippen LogP contribution in [0, 0.1) is 0 Å². The monoisotopic (exact) mass is 513 g/mol. The molecule has 2 amide bonds. The number of anilines is 1. The Balaban J connectivity index is 1.99. The van der Waals surface area contributed by atoms with Crippen molar-refractivity contribution in [3.63, 3.8) is 0 Å². The summed E-state index contributed by atoms with van der Waals surface area (Å²) in [5.41, 5.74) is 2.01. The number of benzene rings is 3. The summed E-state index contributed by atoms with van der Waals surface area (Å²) in [4.78, 5) is 28.1. The van der Waals surface area contributed by atoms with E-state index >= 15 is 0 Å². The zero-order valence-electron chi connectivity index (χ0n) is 19.6. The van der Waals surface area contributed by atoms with Gasteiger partial charge in [0.15, 0.2) is 0 Å². The fourth-order valence-electron chi connectivity index (χ4n) is 3.72. The van der Waals surface area contributed by atoms with Crippen molar-refractivity contribution >= 4 is 39.1 Å². The molecule has 7 nitrogen and oxygen atoms in total. The number of sulfonamides is 1. The Morgan fingerprint density at radius 3 is 1.94 bits per heavy atom. The molecule has 1 atom stereocenters. The maximum atomic E-state index is 13.7. The highest BCUT2D eigenvalue weighted by Crippen LogP contribution is 2.22. The van der Waals surface area contributed by atoms with Crippen molar-refractivity contribution in [3.8, 4) is 0 Å². The van der Waals surface area contributed by atoms with Gasteiger partial charge in [-0.1, -0.05) is 72.3 Å². The van der Waals surface area contributed by atoms with Crippen molar-refractivity contribution in [1.82, 2.24) is 10.2 Å². The molecule has 0 saturated carbocycles. The van der Waals surface area contributed by atoms with Gasteiger partial charge in [0.05, 0.1) is 11.9 Å². The summed E-state index contributed by atoms with van der Waals surface area (Å²) in [5.74, 6) is -0.839. The highest BCUT2D eigenvalue weighted by molar-refractivity contribution is 7.92. The zero-order chi connectivity index (χ0) is 25.4. The van der Waals surface area contributed by atoms with Gasteiger partial charge in [-0.25, -0.2) is 8.42 Å². The van der Waals surface area contributed by atoms with E-state index in [-0.39, 0.29) is 18.9 Å². The SMILES string of the molecule is CNC(=O)[C@H](Cc1ccccc1)N(Cc1ccccc1)C(=O)CN(c1ccc(Cl)cc1)S(C)(=O)=O. The zero-order valence-corrected chi connectivity index (χ0v) is 21.2. The Kier molecular flexibility index (Phi) is 8.89. The van der Waals surface area contributed by atoms with E-state index < -0.39 is 28.5 Å². The first kappa shape index (κ1) is 26.2. The molecule has 0 unspecified atom stereocenters. The third kappa shape index (κ3) is 7.31. The average molecular weight is 514 g/mol. The summed E-state index contributed by atoms with van der Waals surface area (Å²) in [5, 5.41) is 3.09. The van der Waals surface area contributed by atoms with Crippen LogP contribution in [-0.2, 0) is 32.6 Å². The van der Waals surface area contributed by atoms with Gasteiger partial charge in [-0.05, 0) is 35.4 Å². The maximum absolute atomic E-state index is 13.7. The van der Waals surface area contributed by atoms with E-state index in [1.54, 1.807) is 24.3 Å². The lowest BCUT2D eigenvalue weighted by atomic mass is 10.0. The molecular formula is C26H28ClN3O4S. The number of nitrogens with zero attached hydrogens (tertiary/aromatic N) is 2. The van der Waals surface area contributed by atoms with Crippen LogP contribution in [0.1, 0.15) is 11.1 Å². The Hall–Kier alpha value is -3.36. The van der Waals surface area contributed by atoms with E-state index in [1.807, 2.05) is 60.7 Å². The molecule has 9 heteroatoms. The van der Waals surface area contributed by atoms with Gasteiger partial charge in [0.25, 0.3) is 0 Å². The van der Waals surface area contributed by atoms with Crippen LogP contribution in [0.5, 0.6) is 0 Å². The number of halogens is 1. The Labute approximate surface area is 211 Å². The normalized spacial score (nSPS) is 12.0. The Morgan fingerprint density at radius 1 is 0.886 bits per heavy atom. The third-order valence-electron chi connectivity index (χ3n) is 5.51. The number of hydrogen-bond acceptors (Lipinski definition) is 4. The van der Waals surface area contributed by atoms with E-state index in [0.717, 1.165) is 21.7 Å². The van der Waals surface area contributed by atoms with Crippen LogP contribution in [0.3, 0.4) is 0 Å². The van der Waals surface area contributed by atoms with Crippen molar-refractivity contribution in [1.29, 1.82) is 0 Å². The van der Waals surface area contributed by atoms with Crippen molar-refractivity contribution in [2.75, 3.05) is 24.2 Å². The van der Waals surface area contributed by atoms with Crippen molar-refractivity contribution in [3.05, 3.63) is 101 Å². The van der Waals surface area contributed by atoms with Crippen molar-refractivity contribution in [2.45, 2.75) is 19.0 Å². The van der Waals surface area contributed by atoms with E-state index in [2.05, 4.69) is 5.32 Å². The second-order valence-electron chi connectivity index (χ2n) is 8.07. The van der Waals surface area contributed by atoms with Gasteiger partial charge in [0.2, 0.25) is 21.8 Å². The molecule has 0 spiro atoms. The van der Waals surface area contributed by atoms with Crippen LogP contribution >= 0.6 is 11.6 Å². The van der Waals surface area contributed by atoms with Crippen molar-refractivity contribution in [2.24, 2.45) is 0 Å². The van der Waals surface area contributed by atoms with Crippen LogP contribution in [0.4, 0.5) is 5.69 Å². The highest BCUT2D eigenvalue weighted by atomic mass is 35.5. The number of nitrogens with one attached hydrogen (secondary N) is 1. The molecule has 0 aliphatic carbocycles. The lowest BCUT2D eigenvalue weighted by molar-refractivity contribution is -0.139. The first-order valence-electron chi connectivity index (χ1n) is 11.0. The quantitative estimate of drug-likeness (QED) is 0.449. The first-order chi connectivity index (χ1) is 16.7. The van der Waals surface area contributed by atoms with Gasteiger partial charge in [-0.3, -0.25) is 13.9 Å². The summed E-state index contributed by atoms with van der Waals surface area (Å²) in [7, 11) is -2.28. The van der Waals surface area contributed by atoms with Gasteiger partial charge in [0.1, 0.15) is 12.6 Å². The number of hydrogen-bond donors (Lipinski definition) is 1. The van der Waals surface area contributed by atoms with E-state index in [9.17, 15) is 18.0 Å². The second kappa shape index (κ2) is 11.9. The molecule has 184 valence electrons. The molecular weight excluding hydrogens is 486 g/mol. The average Bonchev–Trinajstić information content (AvgIpc) is 2.85. The third-order valence-corrected chi connectivity index (χ3v) is 6.90. The summed E-state index contributed by atoms with van der Waals surface area (Å²) in [6.07, 6.45) is 1.32. The molecule has 0 radical (unpaired) electrons. The van der Waals surface area contributed by atoms with Crippen LogP contribution in [0.15, 0.2) is 84.9 Å². The fraction of sp³-hybridized carbons (Fsp3) is 0.231. The molecule has 0 aromatic heterocycles. The fourth-order valence-corrected chi connectivity index (χ4v) is 4.70. The maximum Gasteiger partial charge on any atom is 0.244 e. The molecule has 1 N–H and O–H groups in total. The molecule has 0 bridgehead atoms. The minimum absolute atomic E-state index is 0.142. The Morgan fingerprint density at radius 2 is 1.43 bits per heavy atom. The van der Waals surface area contributed by atoms with Gasteiger partial charge in [-0.2, -0.15) is 0 Å². The van der Waals surface area contributed by atoms with Crippen LogP contribution in [0.2, 0.25) is 5.02 Å². The van der Waals surface area contributed by atoms with Gasteiger partial charge in [0, 0.05) is 25.0 Å². The second-order valence-corrected chi connectivity index (χ2v) is 10.4. The van der Waals surface area contributed by atoms with Crippen molar-refractivity contribution < 1.29 is 18.0 Å². The summed E-state index contributed by atoms with van der Waals surface area (Å²) >= 11 is 5.96. The molecule has 35 heavy (non-hydrogen) atoms. The highest BCUT2D eigenvalue weighted by Gasteiger charge is 2.32. The number of carbonyl (C=O) groups is 2. The standard InChI is InChI=1S/C26H28ClN3O4S/c1-28-26(32)24(17-20-9-5-3-6-10-20)29(18-21-11-7-4-8-12-21)25(31)19-30(35(2,33)34)23-15-13-22(27)14-16-23/h3-16,24H,17-19H2,1-2H3,(H,28,32)/t24-/m0/s1. The lowest BCUT2D eigenvalue weighted by Gasteiger charge is -2.33. The number of amides is 2. The molecule has 0 fully saturated rings. The molecule has 3 aromatic rings. The van der Waals surface area contributed by atoms with E-state index in [0.29, 0.717) is 10.7 Å². The van der Waals surface area contributed by atoms with Crippen LogP contribution < -0.4 is 9.62 Å². The van der Waals surface area contributed by atoms with E-state index in [4.69, 9.17) is 11.6 Å². The van der Waals surface area contributed by atoms with E-state index in [1.165, 1.54) is 11.9 Å². The smallest absolute Gasteiger partial charge is 0.244 e. The van der Waals surface area contributed by atoms with Crippen LogP contribution in [0.25, 0.3) is 0 Å².